The SMILES string of the molecule is CCCCOC(C)C(OCCCC)[C@H](OCCCC)C(C)OSCC. The zero-order valence-electron chi connectivity index (χ0n) is 17.4. The lowest BCUT2D eigenvalue weighted by Crippen LogP contribution is -2.47. The molecule has 0 aliphatic rings. The monoisotopic (exact) mass is 378 g/mol. The van der Waals surface area contributed by atoms with E-state index < -0.39 is 0 Å². The molecular weight excluding hydrogens is 336 g/mol. The lowest BCUT2D eigenvalue weighted by molar-refractivity contribution is -0.157. The Labute approximate surface area is 160 Å². The first-order valence-corrected chi connectivity index (χ1v) is 11.2. The number of unbranched alkanes of at least 4 members (excludes halogenated alkanes) is 3. The van der Waals surface area contributed by atoms with Crippen LogP contribution >= 0.6 is 12.0 Å². The minimum atomic E-state index is -0.112. The summed E-state index contributed by atoms with van der Waals surface area (Å²) in [6.07, 6.45) is 6.30. The van der Waals surface area contributed by atoms with Crippen molar-refractivity contribution in [2.45, 2.75) is 104 Å². The van der Waals surface area contributed by atoms with E-state index in [9.17, 15) is 0 Å². The summed E-state index contributed by atoms with van der Waals surface area (Å²) in [4.78, 5) is 0. The predicted molar refractivity (Wildman–Crippen MR) is 108 cm³/mol. The van der Waals surface area contributed by atoms with Gasteiger partial charge >= 0.3 is 0 Å². The Morgan fingerprint density at radius 2 is 1.08 bits per heavy atom. The van der Waals surface area contributed by atoms with Crippen LogP contribution in [0.2, 0.25) is 0 Å². The number of hydrogen-bond donors (Lipinski definition) is 0. The Bertz CT molecular complexity index is 278. The maximum atomic E-state index is 6.23. The van der Waals surface area contributed by atoms with Gasteiger partial charge in [-0.15, -0.1) is 0 Å². The van der Waals surface area contributed by atoms with Crippen LogP contribution in [0.5, 0.6) is 0 Å². The van der Waals surface area contributed by atoms with Crippen molar-refractivity contribution in [3.8, 4) is 0 Å². The maximum absolute atomic E-state index is 6.23. The van der Waals surface area contributed by atoms with Crippen LogP contribution in [0.15, 0.2) is 0 Å². The van der Waals surface area contributed by atoms with Gasteiger partial charge in [0.25, 0.3) is 0 Å². The largest absolute Gasteiger partial charge is 0.376 e. The molecule has 0 aliphatic carbocycles. The minimum Gasteiger partial charge on any atom is -0.376 e. The van der Waals surface area contributed by atoms with Gasteiger partial charge in [-0.2, -0.15) is 0 Å². The Hall–Kier alpha value is 0.190. The van der Waals surface area contributed by atoms with Gasteiger partial charge in [-0.3, -0.25) is 0 Å². The summed E-state index contributed by atoms with van der Waals surface area (Å²) in [5, 5.41) is 0. The molecule has 0 heterocycles. The molecule has 0 aliphatic heterocycles. The third kappa shape index (κ3) is 12.2. The normalized spacial score (nSPS) is 16.6. The van der Waals surface area contributed by atoms with E-state index in [0.717, 1.165) is 64.1 Å². The van der Waals surface area contributed by atoms with Crippen molar-refractivity contribution in [1.82, 2.24) is 0 Å². The zero-order valence-corrected chi connectivity index (χ0v) is 18.2. The highest BCUT2D eigenvalue weighted by Crippen LogP contribution is 2.22. The third-order valence-electron chi connectivity index (χ3n) is 4.08. The summed E-state index contributed by atoms with van der Waals surface area (Å²) in [5.74, 6) is 0.927. The van der Waals surface area contributed by atoms with E-state index in [1.807, 2.05) is 0 Å². The van der Waals surface area contributed by atoms with E-state index in [1.165, 1.54) is 12.0 Å². The number of rotatable bonds is 18. The molecule has 5 heteroatoms. The fourth-order valence-corrected chi connectivity index (χ4v) is 2.92. The molecule has 0 N–H and O–H groups in total. The molecule has 0 saturated heterocycles. The average Bonchev–Trinajstić information content (AvgIpc) is 2.61. The molecule has 4 nitrogen and oxygen atoms in total. The molecular formula is C20H42O4S. The lowest BCUT2D eigenvalue weighted by atomic mass is 10.0. The summed E-state index contributed by atoms with van der Waals surface area (Å²) >= 11 is 1.49. The molecule has 152 valence electrons. The van der Waals surface area contributed by atoms with Crippen molar-refractivity contribution in [3.05, 3.63) is 0 Å². The Kier molecular flexibility index (Phi) is 17.7. The molecule has 3 unspecified atom stereocenters. The van der Waals surface area contributed by atoms with Gasteiger partial charge in [-0.25, -0.2) is 0 Å². The van der Waals surface area contributed by atoms with Crippen LogP contribution in [0.1, 0.15) is 80.1 Å². The second-order valence-electron chi connectivity index (χ2n) is 6.52. The number of hydrogen-bond acceptors (Lipinski definition) is 5. The zero-order chi connectivity index (χ0) is 18.9. The van der Waals surface area contributed by atoms with Crippen molar-refractivity contribution in [1.29, 1.82) is 0 Å². The third-order valence-corrected chi connectivity index (χ3v) is 4.76. The molecule has 0 spiro atoms. The van der Waals surface area contributed by atoms with Gasteiger partial charge in [-0.05, 0) is 45.2 Å². The van der Waals surface area contributed by atoms with E-state index in [2.05, 4.69) is 41.5 Å². The fourth-order valence-electron chi connectivity index (χ4n) is 2.46. The van der Waals surface area contributed by atoms with E-state index in [1.54, 1.807) is 0 Å². The molecule has 0 aromatic carbocycles. The van der Waals surface area contributed by atoms with Crippen molar-refractivity contribution >= 4 is 12.0 Å². The van der Waals surface area contributed by atoms with Gasteiger partial charge in [0.15, 0.2) is 0 Å². The van der Waals surface area contributed by atoms with E-state index in [0.29, 0.717) is 0 Å². The Balaban J connectivity index is 4.95. The van der Waals surface area contributed by atoms with Crippen LogP contribution in [0, 0.1) is 0 Å². The highest BCUT2D eigenvalue weighted by Gasteiger charge is 2.34. The lowest BCUT2D eigenvalue weighted by Gasteiger charge is -2.35. The van der Waals surface area contributed by atoms with Crippen molar-refractivity contribution in [2.75, 3.05) is 25.6 Å². The molecule has 0 bridgehead atoms. The van der Waals surface area contributed by atoms with Crippen molar-refractivity contribution in [3.63, 3.8) is 0 Å². The van der Waals surface area contributed by atoms with Gasteiger partial charge in [-0.1, -0.05) is 47.0 Å². The summed E-state index contributed by atoms with van der Waals surface area (Å²) in [5.41, 5.74) is 0. The predicted octanol–water partition coefficient (Wildman–Crippen LogP) is 5.64. The smallest absolute Gasteiger partial charge is 0.113 e. The quantitative estimate of drug-likeness (QED) is 0.228. The van der Waals surface area contributed by atoms with Gasteiger partial charge in [0.1, 0.15) is 12.2 Å². The summed E-state index contributed by atoms with van der Waals surface area (Å²) in [6.45, 7) is 15.1. The summed E-state index contributed by atoms with van der Waals surface area (Å²) in [7, 11) is 0. The van der Waals surface area contributed by atoms with Crippen LogP contribution in [0.25, 0.3) is 0 Å². The van der Waals surface area contributed by atoms with Gasteiger partial charge < -0.3 is 18.4 Å². The molecule has 0 rings (SSSR count). The summed E-state index contributed by atoms with van der Waals surface area (Å²) < 4.78 is 24.4. The van der Waals surface area contributed by atoms with Crippen LogP contribution in [0.4, 0.5) is 0 Å². The van der Waals surface area contributed by atoms with Crippen molar-refractivity contribution in [2.24, 2.45) is 0 Å². The number of ether oxygens (including phenoxy) is 3. The Morgan fingerprint density at radius 3 is 1.52 bits per heavy atom. The summed E-state index contributed by atoms with van der Waals surface area (Å²) in [6, 6.07) is 0. The molecule has 4 atom stereocenters. The van der Waals surface area contributed by atoms with Gasteiger partial charge in [0, 0.05) is 25.6 Å². The first-order valence-electron chi connectivity index (χ1n) is 10.2. The maximum Gasteiger partial charge on any atom is 0.113 e. The molecule has 0 aromatic rings. The topological polar surface area (TPSA) is 36.9 Å². The standard InChI is InChI=1S/C20H42O4S/c1-7-11-14-21-17(5)19(22-15-12-8-2)20(23-16-13-9-3)18(6)24-25-10-4/h17-20H,7-16H2,1-6H3/t17?,18?,19?,20-/m1/s1. The van der Waals surface area contributed by atoms with Gasteiger partial charge in [0.05, 0.1) is 12.2 Å². The van der Waals surface area contributed by atoms with E-state index >= 15 is 0 Å². The van der Waals surface area contributed by atoms with Crippen LogP contribution in [0.3, 0.4) is 0 Å². The highest BCUT2D eigenvalue weighted by atomic mass is 32.2. The molecule has 0 amide bonds. The minimum absolute atomic E-state index is 0.00675. The molecule has 0 fully saturated rings. The van der Waals surface area contributed by atoms with Crippen LogP contribution in [-0.2, 0) is 18.4 Å². The van der Waals surface area contributed by atoms with Crippen LogP contribution < -0.4 is 0 Å². The molecule has 25 heavy (non-hydrogen) atoms. The first kappa shape index (κ1) is 25.2. The van der Waals surface area contributed by atoms with Gasteiger partial charge in [0.2, 0.25) is 0 Å². The van der Waals surface area contributed by atoms with E-state index in [-0.39, 0.29) is 24.4 Å². The Morgan fingerprint density at radius 1 is 0.640 bits per heavy atom. The molecule has 0 radical (unpaired) electrons. The second kappa shape index (κ2) is 17.6. The fraction of sp³-hybridized carbons (Fsp3) is 1.00. The average molecular weight is 379 g/mol. The molecule has 0 saturated carbocycles. The first-order chi connectivity index (χ1) is 12.1. The van der Waals surface area contributed by atoms with Crippen molar-refractivity contribution < 1.29 is 18.4 Å². The molecule has 0 aromatic heterocycles. The van der Waals surface area contributed by atoms with E-state index in [4.69, 9.17) is 18.4 Å². The highest BCUT2D eigenvalue weighted by molar-refractivity contribution is 7.94. The van der Waals surface area contributed by atoms with Crippen LogP contribution in [-0.4, -0.2) is 50.0 Å². The second-order valence-corrected chi connectivity index (χ2v) is 7.52.